The van der Waals surface area contributed by atoms with Crippen molar-refractivity contribution < 1.29 is 14.3 Å². The number of aromatic nitrogens is 2. The molecule has 1 aromatic heterocycles. The number of nitrogens with zero attached hydrogens (tertiary/aromatic N) is 2. The third-order valence-electron chi connectivity index (χ3n) is 4.25. The minimum atomic E-state index is -0.217. The summed E-state index contributed by atoms with van der Waals surface area (Å²) in [6.45, 7) is 0.474. The molecule has 3 aromatic rings. The van der Waals surface area contributed by atoms with Gasteiger partial charge in [0, 0.05) is 18.1 Å². The standard InChI is InChI=1S/C20H18N2O3S/c1-24-16-9-5-8-15(12-16)22-17(14-6-3-2-4-7-14)13-21-20(22)26-18-10-11-25-19(18)23/h2-9,12-13,18H,10-11H2,1H3/t18-/m0/s1. The molecular weight excluding hydrogens is 348 g/mol. The number of benzene rings is 2. The monoisotopic (exact) mass is 366 g/mol. The van der Waals surface area contributed by atoms with E-state index in [9.17, 15) is 4.79 Å². The van der Waals surface area contributed by atoms with Crippen molar-refractivity contribution in [2.45, 2.75) is 16.8 Å². The second-order valence-corrected chi connectivity index (χ2v) is 7.06. The largest absolute Gasteiger partial charge is 0.497 e. The molecule has 0 amide bonds. The molecular formula is C20H18N2O3S. The molecule has 1 atom stereocenters. The van der Waals surface area contributed by atoms with Crippen LogP contribution in [0.2, 0.25) is 0 Å². The van der Waals surface area contributed by atoms with Crippen molar-refractivity contribution in [3.05, 3.63) is 60.8 Å². The summed E-state index contributed by atoms with van der Waals surface area (Å²) in [6, 6.07) is 17.9. The number of methoxy groups -OCH3 is 1. The smallest absolute Gasteiger partial charge is 0.319 e. The highest BCUT2D eigenvalue weighted by molar-refractivity contribution is 8.00. The molecule has 0 radical (unpaired) electrons. The number of carbonyl (C=O) groups excluding carboxylic acids is 1. The summed E-state index contributed by atoms with van der Waals surface area (Å²) in [5.74, 6) is 0.600. The fourth-order valence-corrected chi connectivity index (χ4v) is 4.00. The van der Waals surface area contributed by atoms with Crippen molar-refractivity contribution >= 4 is 17.7 Å². The Morgan fingerprint density at radius 1 is 1.19 bits per heavy atom. The number of cyclic esters (lactones) is 1. The van der Waals surface area contributed by atoms with E-state index in [1.165, 1.54) is 11.8 Å². The first-order valence-electron chi connectivity index (χ1n) is 8.37. The number of rotatable bonds is 5. The van der Waals surface area contributed by atoms with E-state index >= 15 is 0 Å². The number of esters is 1. The van der Waals surface area contributed by atoms with Gasteiger partial charge >= 0.3 is 5.97 Å². The van der Waals surface area contributed by atoms with E-state index in [4.69, 9.17) is 9.47 Å². The van der Waals surface area contributed by atoms with E-state index in [1.807, 2.05) is 60.8 Å². The Morgan fingerprint density at radius 2 is 2.04 bits per heavy atom. The second kappa shape index (κ2) is 7.25. The zero-order valence-corrected chi connectivity index (χ0v) is 15.1. The molecule has 0 bridgehead atoms. The fraction of sp³-hybridized carbons (Fsp3) is 0.200. The van der Waals surface area contributed by atoms with Crippen molar-refractivity contribution in [1.82, 2.24) is 9.55 Å². The quantitative estimate of drug-likeness (QED) is 0.640. The van der Waals surface area contributed by atoms with Crippen LogP contribution in [0.1, 0.15) is 6.42 Å². The summed E-state index contributed by atoms with van der Waals surface area (Å²) in [5, 5.41) is 0.548. The molecule has 132 valence electrons. The molecule has 1 fully saturated rings. The molecule has 2 aromatic carbocycles. The van der Waals surface area contributed by atoms with Gasteiger partial charge in [0.05, 0.1) is 31.3 Å². The van der Waals surface area contributed by atoms with Crippen molar-refractivity contribution in [2.75, 3.05) is 13.7 Å². The van der Waals surface area contributed by atoms with Crippen LogP contribution < -0.4 is 4.74 Å². The summed E-state index contributed by atoms with van der Waals surface area (Å²) in [5.41, 5.74) is 2.96. The maximum Gasteiger partial charge on any atom is 0.319 e. The molecule has 2 heterocycles. The minimum Gasteiger partial charge on any atom is -0.497 e. The van der Waals surface area contributed by atoms with Gasteiger partial charge in [0.1, 0.15) is 11.0 Å². The average Bonchev–Trinajstić information content (AvgIpc) is 3.29. The normalized spacial score (nSPS) is 16.5. The Balaban J connectivity index is 1.81. The van der Waals surface area contributed by atoms with Crippen LogP contribution in [0.3, 0.4) is 0 Å². The molecule has 5 nitrogen and oxygen atoms in total. The summed E-state index contributed by atoms with van der Waals surface area (Å²) in [7, 11) is 1.65. The zero-order chi connectivity index (χ0) is 17.9. The van der Waals surface area contributed by atoms with Crippen LogP contribution in [-0.4, -0.2) is 34.5 Å². The van der Waals surface area contributed by atoms with Gasteiger partial charge in [-0.2, -0.15) is 0 Å². The van der Waals surface area contributed by atoms with Crippen molar-refractivity contribution in [3.8, 4) is 22.7 Å². The topological polar surface area (TPSA) is 53.4 Å². The maximum absolute atomic E-state index is 11.9. The first kappa shape index (κ1) is 16.7. The Hall–Kier alpha value is -2.73. The lowest BCUT2D eigenvalue weighted by Crippen LogP contribution is -2.11. The van der Waals surface area contributed by atoms with E-state index < -0.39 is 0 Å². The molecule has 0 aliphatic carbocycles. The van der Waals surface area contributed by atoms with Crippen LogP contribution in [0.4, 0.5) is 0 Å². The molecule has 0 unspecified atom stereocenters. The van der Waals surface area contributed by atoms with Crippen LogP contribution in [0.15, 0.2) is 66.0 Å². The van der Waals surface area contributed by atoms with Crippen molar-refractivity contribution in [3.63, 3.8) is 0 Å². The van der Waals surface area contributed by atoms with Crippen LogP contribution in [0, 0.1) is 0 Å². The number of ether oxygens (including phenoxy) is 2. The molecule has 6 heteroatoms. The lowest BCUT2D eigenvalue weighted by Gasteiger charge is -2.14. The number of hydrogen-bond acceptors (Lipinski definition) is 5. The lowest BCUT2D eigenvalue weighted by molar-refractivity contribution is -0.137. The molecule has 1 aliphatic rings. The Morgan fingerprint density at radius 3 is 2.77 bits per heavy atom. The van der Waals surface area contributed by atoms with Crippen LogP contribution in [-0.2, 0) is 9.53 Å². The van der Waals surface area contributed by atoms with Crippen molar-refractivity contribution in [1.29, 1.82) is 0 Å². The number of hydrogen-bond donors (Lipinski definition) is 0. The molecule has 0 spiro atoms. The molecule has 1 saturated heterocycles. The van der Waals surface area contributed by atoms with Gasteiger partial charge in [-0.1, -0.05) is 48.2 Å². The number of carbonyl (C=O) groups is 1. The predicted molar refractivity (Wildman–Crippen MR) is 101 cm³/mol. The number of imidazole rings is 1. The first-order valence-corrected chi connectivity index (χ1v) is 9.25. The van der Waals surface area contributed by atoms with Gasteiger partial charge in [0.25, 0.3) is 0 Å². The molecule has 26 heavy (non-hydrogen) atoms. The van der Waals surface area contributed by atoms with Crippen molar-refractivity contribution in [2.24, 2.45) is 0 Å². The lowest BCUT2D eigenvalue weighted by atomic mass is 10.1. The van der Waals surface area contributed by atoms with Crippen LogP contribution >= 0.6 is 11.8 Å². The van der Waals surface area contributed by atoms with Gasteiger partial charge in [-0.3, -0.25) is 9.36 Å². The summed E-state index contributed by atoms with van der Waals surface area (Å²) < 4.78 is 12.5. The predicted octanol–water partition coefficient (Wildman–Crippen LogP) is 3.96. The number of thioether (sulfide) groups is 1. The molecule has 0 saturated carbocycles. The average molecular weight is 366 g/mol. The molecule has 0 N–H and O–H groups in total. The van der Waals surface area contributed by atoms with Gasteiger partial charge in [-0.15, -0.1) is 0 Å². The van der Waals surface area contributed by atoms with E-state index in [0.29, 0.717) is 13.0 Å². The highest BCUT2D eigenvalue weighted by Gasteiger charge is 2.30. The van der Waals surface area contributed by atoms with E-state index in [2.05, 4.69) is 9.55 Å². The van der Waals surface area contributed by atoms with Gasteiger partial charge in [-0.25, -0.2) is 4.98 Å². The van der Waals surface area contributed by atoms with Gasteiger partial charge < -0.3 is 9.47 Å². The second-order valence-electron chi connectivity index (χ2n) is 5.89. The molecule has 1 aliphatic heterocycles. The van der Waals surface area contributed by atoms with Gasteiger partial charge in [-0.05, 0) is 12.1 Å². The van der Waals surface area contributed by atoms with Gasteiger partial charge in [0.15, 0.2) is 5.16 Å². The maximum atomic E-state index is 11.9. The Labute approximate surface area is 156 Å². The zero-order valence-electron chi connectivity index (χ0n) is 14.3. The van der Waals surface area contributed by atoms with E-state index in [0.717, 1.165) is 27.9 Å². The minimum absolute atomic E-state index is 0.170. The fourth-order valence-electron chi connectivity index (χ4n) is 2.94. The first-order chi connectivity index (χ1) is 12.8. The van der Waals surface area contributed by atoms with Crippen LogP contribution in [0.25, 0.3) is 16.9 Å². The summed E-state index contributed by atoms with van der Waals surface area (Å²) in [4.78, 5) is 16.5. The molecule has 4 rings (SSSR count). The third kappa shape index (κ3) is 3.20. The highest BCUT2D eigenvalue weighted by Crippen LogP contribution is 2.35. The highest BCUT2D eigenvalue weighted by atomic mass is 32.2. The Kier molecular flexibility index (Phi) is 4.67. The Bertz CT molecular complexity index is 924. The van der Waals surface area contributed by atoms with E-state index in [-0.39, 0.29) is 11.2 Å². The van der Waals surface area contributed by atoms with E-state index in [1.54, 1.807) is 7.11 Å². The third-order valence-corrected chi connectivity index (χ3v) is 5.46. The summed E-state index contributed by atoms with van der Waals surface area (Å²) in [6.07, 6.45) is 2.55. The SMILES string of the molecule is COc1cccc(-n2c(-c3ccccc3)cnc2S[C@H]2CCOC2=O)c1. The van der Waals surface area contributed by atoms with Crippen LogP contribution in [0.5, 0.6) is 5.75 Å². The van der Waals surface area contributed by atoms with Gasteiger partial charge in [0.2, 0.25) is 0 Å². The summed E-state index contributed by atoms with van der Waals surface area (Å²) >= 11 is 1.45.